The van der Waals surface area contributed by atoms with Gasteiger partial charge in [0.1, 0.15) is 21.4 Å². The third-order valence-corrected chi connectivity index (χ3v) is 8.02. The predicted octanol–water partition coefficient (Wildman–Crippen LogP) is 7.88. The van der Waals surface area contributed by atoms with Gasteiger partial charge in [0.05, 0.1) is 0 Å². The molecule has 0 heterocycles. The monoisotopic (exact) mass is 786 g/mol. The lowest BCUT2D eigenvalue weighted by Crippen LogP contribution is -2.13. The van der Waals surface area contributed by atoms with Crippen LogP contribution in [0.2, 0.25) is 0 Å². The highest BCUT2D eigenvalue weighted by atomic mass is 35.7. The van der Waals surface area contributed by atoms with Crippen molar-refractivity contribution >= 4 is 73.6 Å². The number of nitrogens with one attached hydrogen (secondary N) is 1. The Labute approximate surface area is 280 Å². The van der Waals surface area contributed by atoms with Crippen molar-refractivity contribution in [3.8, 4) is 0 Å². The summed E-state index contributed by atoms with van der Waals surface area (Å²) in [5.74, 6) is -12.0. The number of hydrogen-bond donors (Lipinski definition) is 2. The summed E-state index contributed by atoms with van der Waals surface area (Å²) in [5.41, 5.74) is 3.97. The van der Waals surface area contributed by atoms with Crippen LogP contribution in [0, 0.1) is 46.5 Å². The maximum atomic E-state index is 13.4. The van der Waals surface area contributed by atoms with Gasteiger partial charge in [-0.3, -0.25) is 9.59 Å². The molecule has 0 aliphatic heterocycles. The summed E-state index contributed by atoms with van der Waals surface area (Å²) in [6.45, 7) is 0. The van der Waals surface area contributed by atoms with Crippen LogP contribution in [0.25, 0.3) is 0 Å². The third kappa shape index (κ3) is 11.6. The van der Waals surface area contributed by atoms with E-state index in [1.807, 2.05) is 5.32 Å². The highest BCUT2D eigenvalue weighted by molar-refractivity contribution is 8.14. The summed E-state index contributed by atoms with van der Waals surface area (Å²) in [5, 5.41) is 1.14. The van der Waals surface area contributed by atoms with Gasteiger partial charge in [-0.1, -0.05) is 7.43 Å². The Hall–Kier alpha value is -3.97. The van der Waals surface area contributed by atoms with Crippen molar-refractivity contribution in [3.63, 3.8) is 0 Å². The highest BCUT2D eigenvalue weighted by Gasteiger charge is 2.20. The first-order chi connectivity index (χ1) is 21.5. The number of anilines is 2. The number of halogens is 11. The molecule has 4 rings (SSSR count). The van der Waals surface area contributed by atoms with E-state index in [1.165, 1.54) is 0 Å². The van der Waals surface area contributed by atoms with Crippen LogP contribution in [0.4, 0.5) is 46.5 Å². The van der Waals surface area contributed by atoms with Gasteiger partial charge in [-0.2, -0.15) is 0 Å². The molecule has 21 heteroatoms. The van der Waals surface area contributed by atoms with Crippen molar-refractivity contribution in [3.05, 3.63) is 118 Å². The third-order valence-electron chi connectivity index (χ3n) is 5.12. The van der Waals surface area contributed by atoms with E-state index < -0.39 is 91.3 Å². The van der Waals surface area contributed by atoms with Gasteiger partial charge in [-0.05, 0) is 48.0 Å². The molecular formula is C27H17Cl3F8N2O6S2. The lowest BCUT2D eigenvalue weighted by atomic mass is 10.2. The average molecular weight is 788 g/mol. The molecule has 0 unspecified atom stereocenters. The van der Waals surface area contributed by atoms with Crippen LogP contribution in [-0.4, -0.2) is 28.0 Å². The molecule has 48 heavy (non-hydrogen) atoms. The lowest BCUT2D eigenvalue weighted by molar-refractivity contribution is 0.102. The molecule has 0 saturated carbocycles. The normalized spacial score (nSPS) is 10.8. The topological polar surface area (TPSA) is 140 Å². The molecule has 1 amide bonds. The van der Waals surface area contributed by atoms with E-state index in [-0.39, 0.29) is 24.2 Å². The molecule has 0 saturated heterocycles. The predicted molar refractivity (Wildman–Crippen MR) is 161 cm³/mol. The quantitative estimate of drug-likeness (QED) is 0.0908. The smallest absolute Gasteiger partial charge is 0.264 e. The molecule has 4 aromatic rings. The number of nitrogens with two attached hydrogens (primary N) is 1. The van der Waals surface area contributed by atoms with Gasteiger partial charge in [-0.15, -0.1) is 0 Å². The van der Waals surface area contributed by atoms with Crippen LogP contribution in [0.15, 0.2) is 70.5 Å². The second kappa shape index (κ2) is 16.9. The SMILES string of the molecule is C.Nc1cc(F)c(F)c(F)c1.O=C(Cl)c1ccc(F)c(S(=O)(=O)Cl)c1.O=C(Nc1cc(F)c(F)c(F)c1)c1ccc(F)c(S(=O)(=O)Cl)c1. The number of carbonyl (C=O) groups is 2. The molecule has 8 nitrogen and oxygen atoms in total. The van der Waals surface area contributed by atoms with Gasteiger partial charge < -0.3 is 11.1 Å². The van der Waals surface area contributed by atoms with Gasteiger partial charge in [0.25, 0.3) is 29.3 Å². The molecule has 3 N–H and O–H groups in total. The Bertz CT molecular complexity index is 2040. The van der Waals surface area contributed by atoms with Crippen LogP contribution in [0.1, 0.15) is 28.1 Å². The summed E-state index contributed by atoms with van der Waals surface area (Å²) >= 11 is 5.08. The van der Waals surface area contributed by atoms with Crippen LogP contribution >= 0.6 is 33.0 Å². The summed E-state index contributed by atoms with van der Waals surface area (Å²) < 4.78 is 146. The molecule has 4 aromatic carbocycles. The first kappa shape index (κ1) is 42.1. The molecule has 260 valence electrons. The van der Waals surface area contributed by atoms with E-state index in [4.69, 9.17) is 38.7 Å². The molecule has 0 spiro atoms. The fraction of sp³-hybridized carbons (Fsp3) is 0.0370. The van der Waals surface area contributed by atoms with Gasteiger partial charge in [0.2, 0.25) is 0 Å². The summed E-state index contributed by atoms with van der Waals surface area (Å²) in [7, 11) is 1.30. The van der Waals surface area contributed by atoms with E-state index in [9.17, 15) is 61.5 Å². The van der Waals surface area contributed by atoms with Gasteiger partial charge >= 0.3 is 0 Å². The second-order valence-electron chi connectivity index (χ2n) is 8.45. The number of carbonyl (C=O) groups excluding carboxylic acids is 2. The molecule has 0 atom stereocenters. The van der Waals surface area contributed by atoms with Crippen molar-refractivity contribution in [2.45, 2.75) is 17.2 Å². The minimum atomic E-state index is -4.43. The fourth-order valence-corrected chi connectivity index (χ4v) is 5.01. The van der Waals surface area contributed by atoms with E-state index in [0.29, 0.717) is 24.3 Å². The number of amides is 1. The lowest BCUT2D eigenvalue weighted by Gasteiger charge is -2.07. The van der Waals surface area contributed by atoms with Crippen LogP contribution < -0.4 is 11.1 Å². The minimum absolute atomic E-state index is 0. The Kier molecular flexibility index (Phi) is 14.8. The molecule has 0 aromatic heterocycles. The van der Waals surface area contributed by atoms with Crippen LogP contribution in [0.3, 0.4) is 0 Å². The summed E-state index contributed by atoms with van der Waals surface area (Å²) in [6, 6.07) is 7.44. The standard InChI is InChI=1S/C13H6ClF4NO3S.C7H3Cl2FO3S.C6H4F3N.CH4/c14-23(21,22)11-3-6(1-2-8(11)15)13(20)19-7-4-9(16)12(18)10(17)5-7;8-7(11)4-1-2-5(10)6(3-4)14(9,12)13;7-4-1-3(10)2-5(8)6(4)9;/h1-5H,(H,19,20);1-3H;1-2H,10H2;1H4. The summed E-state index contributed by atoms with van der Waals surface area (Å²) in [6.07, 6.45) is 0. The van der Waals surface area contributed by atoms with Gasteiger partial charge in [0, 0.05) is 68.1 Å². The second-order valence-corrected chi connectivity index (χ2v) is 13.9. The first-order valence-electron chi connectivity index (χ1n) is 11.6. The zero-order valence-electron chi connectivity index (χ0n) is 22.3. The Morgan fingerprint density at radius 2 is 0.938 bits per heavy atom. The molecule has 0 aliphatic rings. The van der Waals surface area contributed by atoms with Gasteiger partial charge in [-0.25, -0.2) is 52.0 Å². The number of rotatable bonds is 5. The summed E-state index contributed by atoms with van der Waals surface area (Å²) in [4.78, 5) is 20.9. The maximum absolute atomic E-state index is 13.4. The van der Waals surface area contributed by atoms with Crippen molar-refractivity contribution in [1.82, 2.24) is 0 Å². The van der Waals surface area contributed by atoms with Crippen molar-refractivity contribution in [2.75, 3.05) is 11.1 Å². The van der Waals surface area contributed by atoms with E-state index in [2.05, 4.69) is 0 Å². The molecule has 0 fully saturated rings. The average Bonchev–Trinajstić information content (AvgIpc) is 2.94. The van der Waals surface area contributed by atoms with Crippen LogP contribution in [0.5, 0.6) is 0 Å². The van der Waals surface area contributed by atoms with Crippen molar-refractivity contribution in [1.29, 1.82) is 0 Å². The van der Waals surface area contributed by atoms with Crippen LogP contribution in [-0.2, 0) is 18.1 Å². The van der Waals surface area contributed by atoms with E-state index in [0.717, 1.165) is 36.4 Å². The highest BCUT2D eigenvalue weighted by Crippen LogP contribution is 2.23. The minimum Gasteiger partial charge on any atom is -0.399 e. The maximum Gasteiger partial charge on any atom is 0.264 e. The molecule has 0 radical (unpaired) electrons. The van der Waals surface area contributed by atoms with Crippen molar-refractivity contribution in [2.24, 2.45) is 0 Å². The number of nitrogen functional groups attached to an aromatic ring is 1. The first-order valence-corrected chi connectivity index (χ1v) is 16.6. The van der Waals surface area contributed by atoms with E-state index >= 15 is 0 Å². The largest absolute Gasteiger partial charge is 0.399 e. The Morgan fingerprint density at radius 3 is 1.31 bits per heavy atom. The molecular weight excluding hydrogens is 771 g/mol. The fourth-order valence-electron chi connectivity index (χ4n) is 3.05. The van der Waals surface area contributed by atoms with Crippen molar-refractivity contribution < 1.29 is 61.5 Å². The number of hydrogen-bond acceptors (Lipinski definition) is 7. The number of benzene rings is 4. The molecule has 0 aliphatic carbocycles. The Morgan fingerprint density at radius 1 is 0.583 bits per heavy atom. The zero-order valence-corrected chi connectivity index (χ0v) is 26.2. The Balaban J connectivity index is 0.000000392. The molecule has 0 bridgehead atoms. The van der Waals surface area contributed by atoms with Gasteiger partial charge in [0.15, 0.2) is 34.9 Å². The van der Waals surface area contributed by atoms with E-state index in [1.54, 1.807) is 0 Å². The zero-order chi connectivity index (χ0) is 36.0.